The summed E-state index contributed by atoms with van der Waals surface area (Å²) in [6.07, 6.45) is 7.88. The van der Waals surface area contributed by atoms with Crippen molar-refractivity contribution in [3.05, 3.63) is 60.7 Å². The van der Waals surface area contributed by atoms with Crippen LogP contribution < -0.4 is 4.90 Å². The Kier molecular flexibility index (Phi) is 3.24. The van der Waals surface area contributed by atoms with Gasteiger partial charge in [-0.15, -0.1) is 0 Å². The fraction of sp³-hybridized carbons (Fsp3) is 0.133. The van der Waals surface area contributed by atoms with Gasteiger partial charge in [-0.1, -0.05) is 18.7 Å². The van der Waals surface area contributed by atoms with E-state index in [1.165, 1.54) is 5.69 Å². The molecule has 0 amide bonds. The van der Waals surface area contributed by atoms with Gasteiger partial charge >= 0.3 is 0 Å². The van der Waals surface area contributed by atoms with Crippen LogP contribution in [0, 0.1) is 0 Å². The van der Waals surface area contributed by atoms with E-state index in [1.807, 2.05) is 50.5 Å². The second-order valence-corrected chi connectivity index (χ2v) is 4.19. The predicted octanol–water partition coefficient (Wildman–Crippen LogP) is 3.51. The zero-order valence-electron chi connectivity index (χ0n) is 10.2. The highest BCUT2D eigenvalue weighted by molar-refractivity contribution is 6.07. The first kappa shape index (κ1) is 11.4. The molecule has 0 heterocycles. The lowest BCUT2D eigenvalue weighted by molar-refractivity contribution is 1.13. The van der Waals surface area contributed by atoms with Gasteiger partial charge in [-0.2, -0.15) is 0 Å². The lowest BCUT2D eigenvalue weighted by atomic mass is 10.1. The summed E-state index contributed by atoms with van der Waals surface area (Å²) in [4.78, 5) is 6.61. The normalized spacial score (nSPS) is 14.0. The maximum Gasteiger partial charge on any atom is 0.0638 e. The van der Waals surface area contributed by atoms with Crippen LogP contribution in [0.4, 0.5) is 11.4 Å². The molecular weight excluding hydrogens is 208 g/mol. The molecule has 1 aromatic rings. The number of hydrogen-bond donors (Lipinski definition) is 0. The maximum absolute atomic E-state index is 4.54. The highest BCUT2D eigenvalue weighted by Gasteiger charge is 1.98. The van der Waals surface area contributed by atoms with E-state index in [0.717, 1.165) is 17.0 Å². The molecule has 0 atom stereocenters. The molecule has 0 saturated heterocycles. The Bertz CT molecular complexity index is 484. The number of hydrogen-bond acceptors (Lipinski definition) is 2. The van der Waals surface area contributed by atoms with Crippen molar-refractivity contribution in [3.63, 3.8) is 0 Å². The van der Waals surface area contributed by atoms with Crippen molar-refractivity contribution in [3.8, 4) is 0 Å². The first-order valence-electron chi connectivity index (χ1n) is 5.56. The molecule has 0 radical (unpaired) electrons. The summed E-state index contributed by atoms with van der Waals surface area (Å²) in [6, 6.07) is 8.17. The Hall–Kier alpha value is -2.09. The van der Waals surface area contributed by atoms with Crippen molar-refractivity contribution < 1.29 is 0 Å². The molecule has 1 aromatic carbocycles. The number of aliphatic imine (C=N–C) groups is 1. The second-order valence-electron chi connectivity index (χ2n) is 4.19. The van der Waals surface area contributed by atoms with Crippen molar-refractivity contribution in [1.82, 2.24) is 0 Å². The van der Waals surface area contributed by atoms with E-state index in [9.17, 15) is 0 Å². The van der Waals surface area contributed by atoms with Crippen LogP contribution in [0.3, 0.4) is 0 Å². The standard InChI is InChI=1S/C15H16N2/c1-12-4-6-13(7-5-12)16-14-8-10-15(11-9-14)17(2)3/h4-11H,1H2,2-3H3. The van der Waals surface area contributed by atoms with Gasteiger partial charge in [0.15, 0.2) is 0 Å². The van der Waals surface area contributed by atoms with Crippen molar-refractivity contribution in [2.75, 3.05) is 19.0 Å². The molecular formula is C15H16N2. The quantitative estimate of drug-likeness (QED) is 0.750. The summed E-state index contributed by atoms with van der Waals surface area (Å²) in [7, 11) is 4.05. The van der Waals surface area contributed by atoms with Crippen LogP contribution in [0.25, 0.3) is 0 Å². The number of allylic oxidation sites excluding steroid dienone is 5. The third-order valence-corrected chi connectivity index (χ3v) is 2.56. The zero-order chi connectivity index (χ0) is 12.3. The number of nitrogens with zero attached hydrogens (tertiary/aromatic N) is 2. The molecule has 2 heteroatoms. The van der Waals surface area contributed by atoms with Gasteiger partial charge in [0.2, 0.25) is 0 Å². The molecule has 0 aliphatic heterocycles. The monoisotopic (exact) mass is 224 g/mol. The van der Waals surface area contributed by atoms with Gasteiger partial charge < -0.3 is 4.90 Å². The molecule has 0 N–H and O–H groups in total. The Morgan fingerprint density at radius 1 is 0.941 bits per heavy atom. The first-order chi connectivity index (χ1) is 8.15. The van der Waals surface area contributed by atoms with E-state index in [2.05, 4.69) is 28.6 Å². The van der Waals surface area contributed by atoms with E-state index in [4.69, 9.17) is 0 Å². The van der Waals surface area contributed by atoms with Crippen LogP contribution >= 0.6 is 0 Å². The molecule has 2 rings (SSSR count). The molecule has 0 fully saturated rings. The lowest BCUT2D eigenvalue weighted by Crippen LogP contribution is -2.07. The van der Waals surface area contributed by atoms with E-state index >= 15 is 0 Å². The van der Waals surface area contributed by atoms with Crippen molar-refractivity contribution in [2.45, 2.75) is 0 Å². The minimum atomic E-state index is 0.954. The topological polar surface area (TPSA) is 15.6 Å². The van der Waals surface area contributed by atoms with Crippen LogP contribution in [0.1, 0.15) is 0 Å². The highest BCUT2D eigenvalue weighted by Crippen LogP contribution is 2.19. The minimum absolute atomic E-state index is 0.954. The van der Waals surface area contributed by atoms with Crippen LogP contribution in [0.2, 0.25) is 0 Å². The summed E-state index contributed by atoms with van der Waals surface area (Å²) >= 11 is 0. The predicted molar refractivity (Wildman–Crippen MR) is 75.3 cm³/mol. The average Bonchev–Trinajstić information content (AvgIpc) is 2.33. The van der Waals surface area contributed by atoms with Crippen molar-refractivity contribution in [1.29, 1.82) is 0 Å². The van der Waals surface area contributed by atoms with Crippen LogP contribution in [0.5, 0.6) is 0 Å². The Morgan fingerprint density at radius 3 is 2.06 bits per heavy atom. The lowest BCUT2D eigenvalue weighted by Gasteiger charge is -2.11. The SMILES string of the molecule is C=C1C=CC(=Nc2ccc(N(C)C)cc2)C=C1. The fourth-order valence-corrected chi connectivity index (χ4v) is 1.54. The van der Waals surface area contributed by atoms with Gasteiger partial charge in [-0.05, 0) is 42.0 Å². The Morgan fingerprint density at radius 2 is 1.53 bits per heavy atom. The van der Waals surface area contributed by atoms with E-state index in [-0.39, 0.29) is 0 Å². The molecule has 0 spiro atoms. The van der Waals surface area contributed by atoms with Gasteiger partial charge in [-0.3, -0.25) is 0 Å². The molecule has 2 nitrogen and oxygen atoms in total. The van der Waals surface area contributed by atoms with Gasteiger partial charge in [0, 0.05) is 19.8 Å². The van der Waals surface area contributed by atoms with Crippen molar-refractivity contribution in [2.24, 2.45) is 4.99 Å². The minimum Gasteiger partial charge on any atom is -0.378 e. The van der Waals surface area contributed by atoms with Gasteiger partial charge in [-0.25, -0.2) is 4.99 Å². The largest absolute Gasteiger partial charge is 0.378 e. The van der Waals surface area contributed by atoms with Crippen LogP contribution in [-0.2, 0) is 0 Å². The molecule has 0 bridgehead atoms. The summed E-state index contributed by atoms with van der Waals surface area (Å²) in [5.74, 6) is 0. The second kappa shape index (κ2) is 4.83. The smallest absolute Gasteiger partial charge is 0.0638 e. The molecule has 1 aliphatic carbocycles. The fourth-order valence-electron chi connectivity index (χ4n) is 1.54. The van der Waals surface area contributed by atoms with Crippen molar-refractivity contribution >= 4 is 17.1 Å². The summed E-state index contributed by atoms with van der Waals surface area (Å²) in [5, 5.41) is 0. The third-order valence-electron chi connectivity index (χ3n) is 2.56. The third kappa shape index (κ3) is 2.94. The summed E-state index contributed by atoms with van der Waals surface area (Å²) in [5.41, 5.74) is 4.10. The molecule has 0 saturated carbocycles. The van der Waals surface area contributed by atoms with Crippen LogP contribution in [0.15, 0.2) is 65.7 Å². The summed E-state index contributed by atoms with van der Waals surface area (Å²) in [6.45, 7) is 3.85. The Labute approximate surface area is 102 Å². The molecule has 0 aromatic heterocycles. The van der Waals surface area contributed by atoms with Gasteiger partial charge in [0.25, 0.3) is 0 Å². The molecule has 0 unspecified atom stereocenters. The Balaban J connectivity index is 2.19. The van der Waals surface area contributed by atoms with E-state index in [1.54, 1.807) is 0 Å². The van der Waals surface area contributed by atoms with Gasteiger partial charge in [0.05, 0.1) is 11.4 Å². The van der Waals surface area contributed by atoms with Crippen LogP contribution in [-0.4, -0.2) is 19.8 Å². The highest BCUT2D eigenvalue weighted by atomic mass is 15.1. The van der Waals surface area contributed by atoms with E-state index in [0.29, 0.717) is 0 Å². The molecule has 17 heavy (non-hydrogen) atoms. The maximum atomic E-state index is 4.54. The first-order valence-corrected chi connectivity index (χ1v) is 5.56. The number of anilines is 1. The molecule has 86 valence electrons. The zero-order valence-corrected chi connectivity index (χ0v) is 10.2. The average molecular weight is 224 g/mol. The number of benzene rings is 1. The van der Waals surface area contributed by atoms with Gasteiger partial charge in [0.1, 0.15) is 0 Å². The van der Waals surface area contributed by atoms with E-state index < -0.39 is 0 Å². The summed E-state index contributed by atoms with van der Waals surface area (Å²) < 4.78 is 0. The number of rotatable bonds is 2. The molecule has 1 aliphatic rings.